The fraction of sp³-hybridized carbons (Fsp3) is 0.533. The van der Waals surface area contributed by atoms with Gasteiger partial charge < -0.3 is 4.74 Å². The van der Waals surface area contributed by atoms with Gasteiger partial charge in [0.15, 0.2) is 5.12 Å². The summed E-state index contributed by atoms with van der Waals surface area (Å²) in [6, 6.07) is 9.56. The van der Waals surface area contributed by atoms with Crippen molar-refractivity contribution in [2.24, 2.45) is 0 Å². The molecule has 2 unspecified atom stereocenters. The molecule has 0 N–H and O–H groups in total. The highest BCUT2D eigenvalue weighted by Crippen LogP contribution is 2.30. The first-order valence-electron chi connectivity index (χ1n) is 7.12. The van der Waals surface area contributed by atoms with Gasteiger partial charge in [0.25, 0.3) is 0 Å². The Morgan fingerprint density at radius 1 is 1.36 bits per heavy atom. The number of carbonyl (C=O) groups is 1. The summed E-state index contributed by atoms with van der Waals surface area (Å²) in [4.78, 5) is 11.2. The third-order valence-electron chi connectivity index (χ3n) is 3.51. The first-order valence-corrected chi connectivity index (χ1v) is 9.85. The van der Waals surface area contributed by atoms with Crippen molar-refractivity contribution in [1.29, 1.82) is 0 Å². The van der Waals surface area contributed by atoms with E-state index in [-0.39, 0.29) is 16.4 Å². The second kappa shape index (κ2) is 7.59. The molecule has 1 heterocycles. The van der Waals surface area contributed by atoms with Crippen LogP contribution >= 0.6 is 11.8 Å². The average molecular weight is 343 g/mol. The van der Waals surface area contributed by atoms with Crippen molar-refractivity contribution in [3.05, 3.63) is 35.9 Å². The number of ether oxygens (including phenoxy) is 1. The predicted molar refractivity (Wildman–Crippen MR) is 88.1 cm³/mol. The summed E-state index contributed by atoms with van der Waals surface area (Å²) in [6.07, 6.45) is 1.85. The Kier molecular flexibility index (Phi) is 6.02. The molecule has 1 fully saturated rings. The molecule has 0 amide bonds. The molecule has 1 aromatic rings. The molecule has 122 valence electrons. The molecule has 2 rings (SSSR count). The van der Waals surface area contributed by atoms with E-state index in [1.807, 2.05) is 30.3 Å². The fourth-order valence-corrected chi connectivity index (χ4v) is 4.87. The van der Waals surface area contributed by atoms with Gasteiger partial charge in [-0.3, -0.25) is 4.79 Å². The van der Waals surface area contributed by atoms with Crippen molar-refractivity contribution in [2.75, 3.05) is 19.4 Å². The summed E-state index contributed by atoms with van der Waals surface area (Å²) in [5, 5.41) is 0.0295. The van der Waals surface area contributed by atoms with E-state index in [2.05, 4.69) is 0 Å². The van der Waals surface area contributed by atoms with Crippen molar-refractivity contribution in [1.82, 2.24) is 4.31 Å². The molecular weight excluding hydrogens is 322 g/mol. The van der Waals surface area contributed by atoms with Crippen LogP contribution in [0, 0.1) is 0 Å². The van der Waals surface area contributed by atoms with Gasteiger partial charge in [-0.15, -0.1) is 0 Å². The molecule has 0 radical (unpaired) electrons. The topological polar surface area (TPSA) is 63.7 Å². The van der Waals surface area contributed by atoms with Crippen LogP contribution in [-0.4, -0.2) is 48.5 Å². The van der Waals surface area contributed by atoms with Crippen LogP contribution in [0.4, 0.5) is 0 Å². The molecule has 0 spiro atoms. The van der Waals surface area contributed by atoms with Gasteiger partial charge >= 0.3 is 0 Å². The van der Waals surface area contributed by atoms with Crippen LogP contribution in [0.25, 0.3) is 0 Å². The average Bonchev–Trinajstić information content (AvgIpc) is 2.82. The largest absolute Gasteiger partial charge is 0.375 e. The zero-order valence-corrected chi connectivity index (χ0v) is 14.4. The molecule has 2 atom stereocenters. The van der Waals surface area contributed by atoms with Crippen LogP contribution in [-0.2, 0) is 26.2 Å². The predicted octanol–water partition coefficient (Wildman–Crippen LogP) is 1.89. The maximum absolute atomic E-state index is 11.9. The van der Waals surface area contributed by atoms with Crippen LogP contribution in [0.3, 0.4) is 0 Å². The molecule has 1 saturated heterocycles. The highest BCUT2D eigenvalue weighted by atomic mass is 32.2. The van der Waals surface area contributed by atoms with Crippen LogP contribution in [0.15, 0.2) is 30.3 Å². The van der Waals surface area contributed by atoms with Gasteiger partial charge in [-0.05, 0) is 12.0 Å². The van der Waals surface area contributed by atoms with E-state index in [1.54, 1.807) is 0 Å². The second-order valence-corrected chi connectivity index (χ2v) is 8.87. The molecule has 0 aliphatic carbocycles. The van der Waals surface area contributed by atoms with E-state index in [1.165, 1.54) is 29.2 Å². The number of hydrogen-bond donors (Lipinski definition) is 0. The quantitative estimate of drug-likeness (QED) is 0.789. The minimum Gasteiger partial charge on any atom is -0.375 e. The summed E-state index contributed by atoms with van der Waals surface area (Å²) in [5.74, 6) is 0. The van der Waals surface area contributed by atoms with E-state index in [0.717, 1.165) is 5.56 Å². The number of sulfonamides is 1. The number of thioether (sulfide) groups is 1. The monoisotopic (exact) mass is 343 g/mol. The van der Waals surface area contributed by atoms with Crippen LogP contribution < -0.4 is 0 Å². The van der Waals surface area contributed by atoms with E-state index in [4.69, 9.17) is 4.74 Å². The summed E-state index contributed by atoms with van der Waals surface area (Å²) in [6.45, 7) is 2.69. The smallest absolute Gasteiger partial charge is 0.211 e. The summed E-state index contributed by atoms with van der Waals surface area (Å²) < 4.78 is 30.9. The zero-order valence-electron chi connectivity index (χ0n) is 12.8. The Labute approximate surface area is 136 Å². The van der Waals surface area contributed by atoms with Crippen molar-refractivity contribution in [3.63, 3.8) is 0 Å². The minimum atomic E-state index is -3.29. The summed E-state index contributed by atoms with van der Waals surface area (Å²) in [7, 11) is -3.29. The minimum absolute atomic E-state index is 0.0116. The molecule has 0 bridgehead atoms. The van der Waals surface area contributed by atoms with Crippen molar-refractivity contribution in [2.45, 2.75) is 31.2 Å². The summed E-state index contributed by atoms with van der Waals surface area (Å²) >= 11 is 1.21. The lowest BCUT2D eigenvalue weighted by Crippen LogP contribution is -2.37. The van der Waals surface area contributed by atoms with Gasteiger partial charge in [-0.25, -0.2) is 8.42 Å². The molecule has 5 nitrogen and oxygen atoms in total. The lowest BCUT2D eigenvalue weighted by molar-refractivity contribution is -0.109. The third kappa shape index (κ3) is 5.08. The van der Waals surface area contributed by atoms with Gasteiger partial charge in [0.1, 0.15) is 0 Å². The number of hydrogen-bond acceptors (Lipinski definition) is 5. The Hall–Kier alpha value is -0.890. The van der Waals surface area contributed by atoms with E-state index in [0.29, 0.717) is 26.2 Å². The van der Waals surface area contributed by atoms with E-state index >= 15 is 0 Å². The lowest BCUT2D eigenvalue weighted by atomic mass is 10.2. The maximum atomic E-state index is 11.9. The van der Waals surface area contributed by atoms with E-state index < -0.39 is 10.0 Å². The Bertz CT molecular complexity index is 603. The normalized spacial score (nSPS) is 22.8. The molecule has 0 saturated carbocycles. The number of benzene rings is 1. The van der Waals surface area contributed by atoms with Crippen molar-refractivity contribution < 1.29 is 17.9 Å². The van der Waals surface area contributed by atoms with Gasteiger partial charge in [0.05, 0.1) is 19.5 Å². The molecule has 1 aliphatic rings. The van der Waals surface area contributed by atoms with E-state index in [9.17, 15) is 13.2 Å². The molecule has 1 aromatic carbocycles. The number of rotatable bonds is 6. The zero-order chi connectivity index (χ0) is 16.2. The van der Waals surface area contributed by atoms with Crippen LogP contribution in [0.5, 0.6) is 0 Å². The van der Waals surface area contributed by atoms with Gasteiger partial charge in [0, 0.05) is 24.8 Å². The van der Waals surface area contributed by atoms with Crippen LogP contribution in [0.1, 0.15) is 18.9 Å². The van der Waals surface area contributed by atoms with Crippen LogP contribution in [0.2, 0.25) is 0 Å². The molecule has 0 aromatic heterocycles. The highest BCUT2D eigenvalue weighted by Gasteiger charge is 2.38. The van der Waals surface area contributed by atoms with Gasteiger partial charge in [-0.1, -0.05) is 42.1 Å². The first kappa shape index (κ1) is 17.5. The molecule has 22 heavy (non-hydrogen) atoms. The SMILES string of the molecule is CC(=O)SC1CC(COCc2ccccc2)N(S(C)(=O)=O)C1. The second-order valence-electron chi connectivity index (χ2n) is 5.45. The van der Waals surface area contributed by atoms with Crippen molar-refractivity contribution >= 4 is 26.9 Å². The number of nitrogens with zero attached hydrogens (tertiary/aromatic N) is 1. The first-order chi connectivity index (χ1) is 10.4. The van der Waals surface area contributed by atoms with Crippen molar-refractivity contribution in [3.8, 4) is 0 Å². The molecule has 7 heteroatoms. The molecule has 1 aliphatic heterocycles. The molecular formula is C15H21NO4S2. The highest BCUT2D eigenvalue weighted by molar-refractivity contribution is 8.14. The maximum Gasteiger partial charge on any atom is 0.211 e. The Morgan fingerprint density at radius 2 is 2.05 bits per heavy atom. The van der Waals surface area contributed by atoms with Gasteiger partial charge in [-0.2, -0.15) is 4.31 Å². The summed E-state index contributed by atoms with van der Waals surface area (Å²) in [5.41, 5.74) is 1.06. The van der Waals surface area contributed by atoms with Gasteiger partial charge in [0.2, 0.25) is 10.0 Å². The standard InChI is InChI=1S/C15H21NO4S2/c1-12(17)21-15-8-14(16(9-15)22(2,18)19)11-20-10-13-6-4-3-5-7-13/h3-7,14-15H,8-11H2,1-2H3. The third-order valence-corrected chi connectivity index (χ3v) is 5.81. The number of carbonyl (C=O) groups excluding carboxylic acids is 1. The lowest BCUT2D eigenvalue weighted by Gasteiger charge is -2.21. The Balaban J connectivity index is 1.93. The fourth-order valence-electron chi connectivity index (χ4n) is 2.61. The Morgan fingerprint density at radius 3 is 2.64 bits per heavy atom.